The topological polar surface area (TPSA) is 41.1 Å². The van der Waals surface area contributed by atoms with Crippen molar-refractivity contribution in [2.45, 2.75) is 52.2 Å². The average molecular weight is 283 g/mol. The van der Waals surface area contributed by atoms with E-state index in [1.165, 1.54) is 0 Å². The number of hydrogen-bond donors (Lipinski definition) is 2. The highest BCUT2D eigenvalue weighted by Gasteiger charge is 2.17. The van der Waals surface area contributed by atoms with Crippen LogP contribution in [0.25, 0.3) is 0 Å². The molecule has 1 aromatic carbocycles. The summed E-state index contributed by atoms with van der Waals surface area (Å²) in [5, 5.41) is 6.98. The van der Waals surface area contributed by atoms with Crippen molar-refractivity contribution in [1.82, 2.24) is 10.6 Å². The molecule has 0 aliphatic carbocycles. The maximum absolute atomic E-state index is 11.9. The van der Waals surface area contributed by atoms with E-state index in [0.29, 0.717) is 0 Å². The van der Waals surface area contributed by atoms with Crippen LogP contribution in [-0.2, 0) is 4.79 Å². The number of hydrogen-bond acceptors (Lipinski definition) is 2. The van der Waals surface area contributed by atoms with Crippen LogP contribution in [-0.4, -0.2) is 18.0 Å². The second kappa shape index (κ2) is 7.51. The van der Waals surface area contributed by atoms with Crippen molar-refractivity contribution in [2.75, 3.05) is 0 Å². The highest BCUT2D eigenvalue weighted by molar-refractivity contribution is 6.30. The summed E-state index contributed by atoms with van der Waals surface area (Å²) in [6.07, 6.45) is 0.936. The maximum atomic E-state index is 11.9. The third-order valence-electron chi connectivity index (χ3n) is 3.26. The number of amides is 1. The van der Waals surface area contributed by atoms with E-state index in [4.69, 9.17) is 11.6 Å². The Kier molecular flexibility index (Phi) is 6.32. The molecule has 106 valence electrons. The number of benzene rings is 1. The van der Waals surface area contributed by atoms with E-state index in [-0.39, 0.29) is 24.0 Å². The molecule has 4 heteroatoms. The molecule has 3 atom stereocenters. The Hall–Kier alpha value is -1.06. The van der Waals surface area contributed by atoms with E-state index < -0.39 is 0 Å². The summed E-state index contributed by atoms with van der Waals surface area (Å²) in [5.41, 5.74) is 1.12. The van der Waals surface area contributed by atoms with Gasteiger partial charge in [-0.3, -0.25) is 10.1 Å². The minimum Gasteiger partial charge on any atom is -0.352 e. The molecule has 3 nitrogen and oxygen atoms in total. The first-order valence-electron chi connectivity index (χ1n) is 6.76. The largest absolute Gasteiger partial charge is 0.352 e. The van der Waals surface area contributed by atoms with Gasteiger partial charge in [0.15, 0.2) is 0 Å². The lowest BCUT2D eigenvalue weighted by atomic mass is 10.1. The zero-order valence-electron chi connectivity index (χ0n) is 12.0. The fourth-order valence-electron chi connectivity index (χ4n) is 1.77. The molecule has 1 aromatic rings. The SMILES string of the molecule is CCC(C)NC(=O)C(C)N[C@H](C)c1ccc(Cl)cc1. The summed E-state index contributed by atoms with van der Waals surface area (Å²) in [5.74, 6) is 0.0372. The summed E-state index contributed by atoms with van der Waals surface area (Å²) >= 11 is 5.86. The Morgan fingerprint density at radius 2 is 1.79 bits per heavy atom. The molecule has 2 unspecified atom stereocenters. The molecule has 0 saturated heterocycles. The third kappa shape index (κ3) is 5.21. The molecule has 0 fully saturated rings. The molecule has 1 rings (SSSR count). The minimum absolute atomic E-state index is 0.0372. The van der Waals surface area contributed by atoms with Gasteiger partial charge in [-0.2, -0.15) is 0 Å². The molecule has 0 aromatic heterocycles. The van der Waals surface area contributed by atoms with Crippen molar-refractivity contribution in [1.29, 1.82) is 0 Å². The Labute approximate surface area is 120 Å². The van der Waals surface area contributed by atoms with E-state index in [1.807, 2.05) is 45.0 Å². The van der Waals surface area contributed by atoms with Crippen LogP contribution in [0.4, 0.5) is 0 Å². The fraction of sp³-hybridized carbons (Fsp3) is 0.533. The number of carbonyl (C=O) groups is 1. The Morgan fingerprint density at radius 3 is 2.32 bits per heavy atom. The van der Waals surface area contributed by atoms with E-state index in [0.717, 1.165) is 17.0 Å². The van der Waals surface area contributed by atoms with Crippen molar-refractivity contribution in [3.8, 4) is 0 Å². The van der Waals surface area contributed by atoms with Gasteiger partial charge in [-0.05, 0) is 44.9 Å². The lowest BCUT2D eigenvalue weighted by Gasteiger charge is -2.21. The van der Waals surface area contributed by atoms with Crippen LogP contribution in [0.5, 0.6) is 0 Å². The Bertz CT molecular complexity index is 405. The van der Waals surface area contributed by atoms with Crippen LogP contribution in [0.1, 0.15) is 45.7 Å². The predicted octanol–water partition coefficient (Wildman–Crippen LogP) is 3.29. The molecule has 0 saturated carbocycles. The van der Waals surface area contributed by atoms with Crippen LogP contribution >= 0.6 is 11.6 Å². The molecule has 0 bridgehead atoms. The van der Waals surface area contributed by atoms with Gasteiger partial charge in [-0.1, -0.05) is 30.7 Å². The van der Waals surface area contributed by atoms with Gasteiger partial charge in [0.05, 0.1) is 6.04 Å². The van der Waals surface area contributed by atoms with Gasteiger partial charge in [0.2, 0.25) is 5.91 Å². The van der Waals surface area contributed by atoms with E-state index in [2.05, 4.69) is 17.6 Å². The van der Waals surface area contributed by atoms with Crippen molar-refractivity contribution >= 4 is 17.5 Å². The number of halogens is 1. The highest BCUT2D eigenvalue weighted by Crippen LogP contribution is 2.16. The summed E-state index contributed by atoms with van der Waals surface area (Å²) in [7, 11) is 0. The monoisotopic (exact) mass is 282 g/mol. The van der Waals surface area contributed by atoms with Gasteiger partial charge in [0.25, 0.3) is 0 Å². The van der Waals surface area contributed by atoms with E-state index >= 15 is 0 Å². The lowest BCUT2D eigenvalue weighted by molar-refractivity contribution is -0.123. The predicted molar refractivity (Wildman–Crippen MR) is 80.4 cm³/mol. The maximum Gasteiger partial charge on any atom is 0.237 e. The van der Waals surface area contributed by atoms with Crippen LogP contribution in [0.15, 0.2) is 24.3 Å². The van der Waals surface area contributed by atoms with Crippen LogP contribution < -0.4 is 10.6 Å². The number of nitrogens with one attached hydrogen (secondary N) is 2. The normalized spacial score (nSPS) is 15.6. The minimum atomic E-state index is -0.223. The van der Waals surface area contributed by atoms with Gasteiger partial charge in [0, 0.05) is 17.1 Å². The molecule has 0 aliphatic heterocycles. The lowest BCUT2D eigenvalue weighted by Crippen LogP contribution is -2.45. The summed E-state index contributed by atoms with van der Waals surface area (Å²) in [6, 6.07) is 7.76. The Morgan fingerprint density at radius 1 is 1.21 bits per heavy atom. The van der Waals surface area contributed by atoms with Crippen LogP contribution in [0.3, 0.4) is 0 Å². The van der Waals surface area contributed by atoms with Crippen LogP contribution in [0.2, 0.25) is 5.02 Å². The van der Waals surface area contributed by atoms with Gasteiger partial charge in [-0.15, -0.1) is 0 Å². The molecule has 19 heavy (non-hydrogen) atoms. The van der Waals surface area contributed by atoms with Gasteiger partial charge < -0.3 is 5.32 Å². The molecule has 1 amide bonds. The number of carbonyl (C=O) groups excluding carboxylic acids is 1. The fourth-order valence-corrected chi connectivity index (χ4v) is 1.89. The smallest absolute Gasteiger partial charge is 0.237 e. The average Bonchev–Trinajstić information content (AvgIpc) is 2.38. The quantitative estimate of drug-likeness (QED) is 0.841. The molecule has 0 aliphatic rings. The first kappa shape index (κ1) is 16.0. The van der Waals surface area contributed by atoms with Gasteiger partial charge in [-0.25, -0.2) is 0 Å². The molecule has 0 spiro atoms. The molecular weight excluding hydrogens is 260 g/mol. The zero-order chi connectivity index (χ0) is 14.4. The van der Waals surface area contributed by atoms with E-state index in [9.17, 15) is 4.79 Å². The summed E-state index contributed by atoms with van der Waals surface area (Å²) in [4.78, 5) is 11.9. The molecule has 0 heterocycles. The number of rotatable bonds is 6. The first-order chi connectivity index (χ1) is 8.93. The van der Waals surface area contributed by atoms with Crippen molar-refractivity contribution in [3.63, 3.8) is 0 Å². The van der Waals surface area contributed by atoms with Crippen molar-refractivity contribution < 1.29 is 4.79 Å². The Balaban J connectivity index is 2.53. The molecular formula is C15H23ClN2O. The second-order valence-electron chi connectivity index (χ2n) is 4.98. The summed E-state index contributed by atoms with van der Waals surface area (Å²) in [6.45, 7) is 7.98. The molecule has 0 radical (unpaired) electrons. The molecule has 2 N–H and O–H groups in total. The third-order valence-corrected chi connectivity index (χ3v) is 3.52. The van der Waals surface area contributed by atoms with Gasteiger partial charge in [0.1, 0.15) is 0 Å². The first-order valence-corrected chi connectivity index (χ1v) is 7.13. The standard InChI is InChI=1S/C15H23ClN2O/c1-5-10(2)17-15(19)12(4)18-11(3)13-6-8-14(16)9-7-13/h6-12,18H,5H2,1-4H3,(H,17,19)/t10?,11-,12?/m1/s1. The van der Waals surface area contributed by atoms with Crippen molar-refractivity contribution in [2.24, 2.45) is 0 Å². The van der Waals surface area contributed by atoms with Gasteiger partial charge >= 0.3 is 0 Å². The highest BCUT2D eigenvalue weighted by atomic mass is 35.5. The summed E-state index contributed by atoms with van der Waals surface area (Å²) < 4.78 is 0. The zero-order valence-corrected chi connectivity index (χ0v) is 12.8. The van der Waals surface area contributed by atoms with E-state index in [1.54, 1.807) is 0 Å². The van der Waals surface area contributed by atoms with Crippen molar-refractivity contribution in [3.05, 3.63) is 34.9 Å². The van der Waals surface area contributed by atoms with Crippen LogP contribution in [0, 0.1) is 0 Å². The second-order valence-corrected chi connectivity index (χ2v) is 5.42.